The average molecular weight is 989 g/mol. The van der Waals surface area contributed by atoms with E-state index in [1.165, 1.54) is 0 Å². The van der Waals surface area contributed by atoms with Crippen molar-refractivity contribution in [1.82, 2.24) is 0 Å². The predicted octanol–water partition coefficient (Wildman–Crippen LogP) is 5.74. The van der Waals surface area contributed by atoms with E-state index in [1.807, 2.05) is 56.3 Å². The van der Waals surface area contributed by atoms with Crippen molar-refractivity contribution >= 4 is 66.7 Å². The predicted molar refractivity (Wildman–Crippen MR) is 198 cm³/mol. The summed E-state index contributed by atoms with van der Waals surface area (Å²) in [4.78, 5) is 58.7. The van der Waals surface area contributed by atoms with Crippen LogP contribution in [0.2, 0.25) is 0 Å². The van der Waals surface area contributed by atoms with E-state index in [4.69, 9.17) is 5.11 Å². The zero-order valence-corrected chi connectivity index (χ0v) is 32.7. The number of aliphatic carboxylic acids is 3. The van der Waals surface area contributed by atoms with E-state index in [9.17, 15) is 34.2 Å². The summed E-state index contributed by atoms with van der Waals surface area (Å²) in [5, 5.41) is 27.7. The van der Waals surface area contributed by atoms with Gasteiger partial charge in [0.05, 0.1) is 6.42 Å². The van der Waals surface area contributed by atoms with Crippen LogP contribution in [0, 0.1) is 19.8 Å². The Kier molecular flexibility index (Phi) is 18.5. The van der Waals surface area contributed by atoms with Gasteiger partial charge in [-0.2, -0.15) is 0 Å². The zero-order valence-electron chi connectivity index (χ0n) is 26.3. The van der Waals surface area contributed by atoms with Crippen molar-refractivity contribution in [2.75, 3.05) is 0 Å². The van der Waals surface area contributed by atoms with Gasteiger partial charge in [-0.15, -0.1) is 0 Å². The Morgan fingerprint density at radius 3 is 1.31 bits per heavy atom. The summed E-state index contributed by atoms with van der Waals surface area (Å²) in [5.41, 5.74) is 4.58. The van der Waals surface area contributed by atoms with E-state index in [0.29, 0.717) is 29.9 Å². The Bertz CT molecular complexity index is 1610. The van der Waals surface area contributed by atoms with Crippen LogP contribution >= 0.6 is 37.2 Å². The van der Waals surface area contributed by atoms with Gasteiger partial charge in [-0.05, 0) is 25.0 Å². The van der Waals surface area contributed by atoms with E-state index in [0.717, 1.165) is 16.7 Å². The molecule has 3 N–H and O–H groups in total. The third kappa shape index (κ3) is 14.1. The van der Waals surface area contributed by atoms with Crippen molar-refractivity contribution in [3.05, 3.63) is 143 Å². The molecular formula is C37H36I3O8-. The molecule has 0 aliphatic carbocycles. The van der Waals surface area contributed by atoms with Crippen LogP contribution in [-0.4, -0.2) is 44.8 Å². The zero-order chi connectivity index (χ0) is 35.6. The third-order valence-electron chi connectivity index (χ3n) is 7.44. The summed E-state index contributed by atoms with van der Waals surface area (Å²) in [6.07, 6.45) is -0.0165. The summed E-state index contributed by atoms with van der Waals surface area (Å²) in [6, 6.07) is 32.0. The quantitative estimate of drug-likeness (QED) is 0.0875. The summed E-state index contributed by atoms with van der Waals surface area (Å²) in [7, 11) is 0. The maximum absolute atomic E-state index is 12.5. The summed E-state index contributed by atoms with van der Waals surface area (Å²) in [5.74, 6) is -7.00. The van der Waals surface area contributed by atoms with E-state index in [-0.39, 0.29) is 36.7 Å². The molecule has 0 aromatic heterocycles. The van der Waals surface area contributed by atoms with Crippen LogP contribution in [0.25, 0.3) is 0 Å². The third-order valence-corrected chi connectivity index (χ3v) is 7.44. The molecular weight excluding hydrogens is 953 g/mol. The Labute approximate surface area is 310 Å². The first kappa shape index (κ1) is 41.0. The van der Waals surface area contributed by atoms with Crippen molar-refractivity contribution in [3.8, 4) is 0 Å². The van der Waals surface area contributed by atoms with Gasteiger partial charge in [-0.1, -0.05) is 120 Å². The van der Waals surface area contributed by atoms with E-state index >= 15 is 0 Å². The van der Waals surface area contributed by atoms with Crippen molar-refractivity contribution in [1.29, 1.82) is 0 Å². The topological polar surface area (TPSA) is 146 Å². The SMILES string of the molecule is Cc1ccc(C(=O)CC(CC(=O)O)c2ccccc2)cc1.Cc1ccc(C(=O)CC(c2ccccc2)C(C(=O)O)C(=O)O)cc1.I[I-]I. The summed E-state index contributed by atoms with van der Waals surface area (Å²) >= 11 is 5.30. The number of benzene rings is 4. The van der Waals surface area contributed by atoms with Gasteiger partial charge in [0.1, 0.15) is 0 Å². The number of ketones is 2. The van der Waals surface area contributed by atoms with Gasteiger partial charge < -0.3 is 15.3 Å². The molecule has 4 rings (SSSR count). The molecule has 0 radical (unpaired) electrons. The molecule has 0 aliphatic heterocycles. The molecule has 254 valence electrons. The van der Waals surface area contributed by atoms with Crippen LogP contribution in [-0.2, 0) is 14.4 Å². The molecule has 0 saturated carbocycles. The number of carboxylic acid groups (broad SMARTS) is 3. The molecule has 2 atom stereocenters. The molecule has 0 aliphatic rings. The molecule has 0 fully saturated rings. The van der Waals surface area contributed by atoms with Crippen LogP contribution < -0.4 is 13.3 Å². The number of halogens is 3. The maximum atomic E-state index is 12.5. The Balaban J connectivity index is 0.000000310. The molecule has 0 spiro atoms. The molecule has 8 nitrogen and oxygen atoms in total. The Morgan fingerprint density at radius 2 is 0.938 bits per heavy atom. The number of carbonyl (C=O) groups excluding carboxylic acids is 2. The van der Waals surface area contributed by atoms with Crippen LogP contribution in [0.1, 0.15) is 74.1 Å². The molecule has 2 unspecified atom stereocenters. The standard InChI is InChI=1S/C19H18O5.C18H18O3.I3/c1-12-7-9-14(10-8-12)16(20)11-15(13-5-3-2-4-6-13)17(18(21)22)19(23)24;1-13-7-9-15(10-8-13)17(19)11-16(12-18(20)21)14-5-3-2-4-6-14;1-3-2/h2-10,15,17H,11H2,1H3,(H,21,22)(H,23,24);2-10,16H,11-12H2,1H3,(H,20,21);/q;;-1. The van der Waals surface area contributed by atoms with Crippen molar-refractivity contribution in [2.24, 2.45) is 5.92 Å². The first-order valence-electron chi connectivity index (χ1n) is 14.7. The molecule has 11 heteroatoms. The summed E-state index contributed by atoms with van der Waals surface area (Å²) in [6.45, 7) is 3.86. The first-order chi connectivity index (χ1) is 22.9. The Hall–Kier alpha value is -3.18. The van der Waals surface area contributed by atoms with Gasteiger partial charge in [-0.3, -0.25) is 24.0 Å². The minimum atomic E-state index is -1.68. The molecule has 0 heterocycles. The van der Waals surface area contributed by atoms with Crippen molar-refractivity contribution in [2.45, 2.75) is 44.9 Å². The number of carbonyl (C=O) groups is 5. The van der Waals surface area contributed by atoms with Crippen LogP contribution in [0.4, 0.5) is 0 Å². The van der Waals surface area contributed by atoms with Crippen molar-refractivity contribution < 1.29 is 52.5 Å². The molecule has 0 bridgehead atoms. The van der Waals surface area contributed by atoms with Crippen LogP contribution in [0.15, 0.2) is 109 Å². The molecule has 0 amide bonds. The van der Waals surface area contributed by atoms with Crippen LogP contribution in [0.5, 0.6) is 0 Å². The second kappa shape index (κ2) is 21.7. The molecule has 0 saturated heterocycles. The fourth-order valence-corrected chi connectivity index (χ4v) is 4.96. The molecule has 48 heavy (non-hydrogen) atoms. The normalized spacial score (nSPS) is 11.6. The fourth-order valence-electron chi connectivity index (χ4n) is 4.96. The number of hydrogen-bond acceptors (Lipinski definition) is 5. The minimum absolute atomic E-state index is 0.0231. The van der Waals surface area contributed by atoms with Crippen molar-refractivity contribution in [3.63, 3.8) is 0 Å². The number of rotatable bonds is 13. The fraction of sp³-hybridized carbons (Fsp3) is 0.216. The number of aryl methyl sites for hydroxylation is 2. The molecule has 4 aromatic rings. The average Bonchev–Trinajstić information content (AvgIpc) is 3.05. The number of Topliss-reactive ketones (excluding diaryl/α,β-unsaturated/α-hetero) is 2. The van der Waals surface area contributed by atoms with Gasteiger partial charge in [0.25, 0.3) is 0 Å². The van der Waals surface area contributed by atoms with Gasteiger partial charge in [0, 0.05) is 35.8 Å². The van der Waals surface area contributed by atoms with Gasteiger partial charge in [0.2, 0.25) is 0 Å². The van der Waals surface area contributed by atoms with E-state index < -0.39 is 29.7 Å². The van der Waals surface area contributed by atoms with Gasteiger partial charge in [-0.25, -0.2) is 0 Å². The van der Waals surface area contributed by atoms with Gasteiger partial charge >= 0.3 is 68.4 Å². The second-order valence-corrected chi connectivity index (χ2v) is 27.2. The van der Waals surface area contributed by atoms with Gasteiger partial charge in [0.15, 0.2) is 17.5 Å². The Morgan fingerprint density at radius 1 is 0.562 bits per heavy atom. The second-order valence-electron chi connectivity index (χ2n) is 10.9. The van der Waals surface area contributed by atoms with Crippen LogP contribution in [0.3, 0.4) is 0 Å². The summed E-state index contributed by atoms with van der Waals surface area (Å²) < 4.78 is 0. The number of carboxylic acids is 3. The first-order valence-corrected chi connectivity index (χ1v) is 27.3. The van der Waals surface area contributed by atoms with E-state index in [1.54, 1.807) is 66.7 Å². The molecule has 4 aromatic carbocycles. The van der Waals surface area contributed by atoms with E-state index in [2.05, 4.69) is 37.2 Å². The monoisotopic (exact) mass is 989 g/mol. The number of hydrogen-bond donors (Lipinski definition) is 3.